The van der Waals surface area contributed by atoms with Crippen molar-refractivity contribution in [1.82, 2.24) is 5.32 Å². The Balaban J connectivity index is 2.20. The second kappa shape index (κ2) is 6.89. The van der Waals surface area contributed by atoms with Gasteiger partial charge in [-0.1, -0.05) is 11.6 Å². The zero-order valence-corrected chi connectivity index (χ0v) is 12.6. The second-order valence-electron chi connectivity index (χ2n) is 4.71. The summed E-state index contributed by atoms with van der Waals surface area (Å²) in [5, 5.41) is 6.19. The van der Waals surface area contributed by atoms with Gasteiger partial charge in [-0.2, -0.15) is 0 Å². The van der Waals surface area contributed by atoms with Crippen molar-refractivity contribution >= 4 is 29.2 Å². The van der Waals surface area contributed by atoms with Crippen LogP contribution in [0.25, 0.3) is 0 Å². The molecule has 1 aliphatic rings. The highest BCUT2D eigenvalue weighted by atomic mass is 35.5. The standard InChI is InChI=1S/C14H17ClN2O4/c1-16-12-7-21-6-10(12)13(18)17-11-5-8(15)3-4-9(11)14(19)20-2/h3-5,10,12,16H,6-7H2,1-2H3,(H,17,18). The number of anilines is 1. The predicted octanol–water partition coefficient (Wildman–Crippen LogP) is 1.30. The van der Waals surface area contributed by atoms with E-state index in [9.17, 15) is 9.59 Å². The highest BCUT2D eigenvalue weighted by Gasteiger charge is 2.33. The number of esters is 1. The summed E-state index contributed by atoms with van der Waals surface area (Å²) in [6, 6.07) is 4.56. The molecule has 0 radical (unpaired) electrons. The Kier molecular flexibility index (Phi) is 5.17. The van der Waals surface area contributed by atoms with Crippen LogP contribution in [0.3, 0.4) is 0 Å². The van der Waals surface area contributed by atoms with E-state index < -0.39 is 5.97 Å². The molecular weight excluding hydrogens is 296 g/mol. The van der Waals surface area contributed by atoms with Crippen LogP contribution in [0.5, 0.6) is 0 Å². The molecule has 21 heavy (non-hydrogen) atoms. The Hall–Kier alpha value is -1.63. The van der Waals surface area contributed by atoms with Gasteiger partial charge >= 0.3 is 5.97 Å². The van der Waals surface area contributed by atoms with Crippen molar-refractivity contribution in [2.24, 2.45) is 5.92 Å². The van der Waals surface area contributed by atoms with Crippen molar-refractivity contribution in [3.05, 3.63) is 28.8 Å². The van der Waals surface area contributed by atoms with Gasteiger partial charge in [0, 0.05) is 11.1 Å². The number of halogens is 1. The largest absolute Gasteiger partial charge is 0.465 e. The molecule has 2 rings (SSSR count). The summed E-state index contributed by atoms with van der Waals surface area (Å²) in [4.78, 5) is 24.0. The Morgan fingerprint density at radius 2 is 2.14 bits per heavy atom. The maximum absolute atomic E-state index is 12.3. The molecule has 1 fully saturated rings. The van der Waals surface area contributed by atoms with Crippen LogP contribution in [0.1, 0.15) is 10.4 Å². The Bertz CT molecular complexity index is 550. The number of carbonyl (C=O) groups is 2. The minimum atomic E-state index is -0.533. The lowest BCUT2D eigenvalue weighted by molar-refractivity contribution is -0.120. The first kappa shape index (κ1) is 15.8. The van der Waals surface area contributed by atoms with Crippen LogP contribution in [0.2, 0.25) is 5.02 Å². The summed E-state index contributed by atoms with van der Waals surface area (Å²) >= 11 is 5.92. The molecule has 1 aliphatic heterocycles. The van der Waals surface area contributed by atoms with Gasteiger partial charge in [-0.05, 0) is 25.2 Å². The van der Waals surface area contributed by atoms with Crippen LogP contribution >= 0.6 is 11.6 Å². The maximum Gasteiger partial charge on any atom is 0.339 e. The topological polar surface area (TPSA) is 76.7 Å². The number of likely N-dealkylation sites (N-methyl/N-ethyl adjacent to an activating group) is 1. The highest BCUT2D eigenvalue weighted by molar-refractivity contribution is 6.31. The predicted molar refractivity (Wildman–Crippen MR) is 78.6 cm³/mol. The molecule has 0 saturated carbocycles. The van der Waals surface area contributed by atoms with Crippen molar-refractivity contribution in [2.75, 3.05) is 32.7 Å². The monoisotopic (exact) mass is 312 g/mol. The van der Waals surface area contributed by atoms with Crippen molar-refractivity contribution in [1.29, 1.82) is 0 Å². The number of amides is 1. The summed E-state index contributed by atoms with van der Waals surface area (Å²) in [6.07, 6.45) is 0. The van der Waals surface area contributed by atoms with Gasteiger partial charge in [0.15, 0.2) is 0 Å². The normalized spacial score (nSPS) is 21.1. The molecule has 2 N–H and O–H groups in total. The lowest BCUT2D eigenvalue weighted by atomic mass is 10.0. The first-order chi connectivity index (χ1) is 10.1. The third-order valence-corrected chi connectivity index (χ3v) is 3.67. The summed E-state index contributed by atoms with van der Waals surface area (Å²) in [5.74, 6) is -1.08. The lowest BCUT2D eigenvalue weighted by Gasteiger charge is -2.17. The van der Waals surface area contributed by atoms with E-state index in [2.05, 4.69) is 10.6 Å². The van der Waals surface area contributed by atoms with Gasteiger partial charge in [-0.3, -0.25) is 4.79 Å². The van der Waals surface area contributed by atoms with Crippen molar-refractivity contribution < 1.29 is 19.1 Å². The molecule has 1 saturated heterocycles. The molecular formula is C14H17ClN2O4. The van der Waals surface area contributed by atoms with Crippen LogP contribution in [0.4, 0.5) is 5.69 Å². The molecule has 0 aliphatic carbocycles. The molecule has 1 amide bonds. The van der Waals surface area contributed by atoms with E-state index in [1.165, 1.54) is 19.2 Å². The first-order valence-corrected chi connectivity index (χ1v) is 6.88. The van der Waals surface area contributed by atoms with Gasteiger partial charge in [0.25, 0.3) is 0 Å². The third kappa shape index (κ3) is 3.53. The number of hydrogen-bond acceptors (Lipinski definition) is 5. The number of hydrogen-bond donors (Lipinski definition) is 2. The molecule has 0 spiro atoms. The maximum atomic E-state index is 12.3. The van der Waals surface area contributed by atoms with E-state index in [1.54, 1.807) is 13.1 Å². The second-order valence-corrected chi connectivity index (χ2v) is 5.15. The van der Waals surface area contributed by atoms with Crippen molar-refractivity contribution in [3.8, 4) is 0 Å². The summed E-state index contributed by atoms with van der Waals surface area (Å²) in [7, 11) is 3.06. The number of nitrogens with one attached hydrogen (secondary N) is 2. The molecule has 2 atom stereocenters. The number of carbonyl (C=O) groups excluding carboxylic acids is 2. The van der Waals surface area contributed by atoms with Crippen LogP contribution < -0.4 is 10.6 Å². The van der Waals surface area contributed by atoms with Crippen LogP contribution in [0.15, 0.2) is 18.2 Å². The number of ether oxygens (including phenoxy) is 2. The van der Waals surface area contributed by atoms with E-state index in [1.807, 2.05) is 0 Å². The van der Waals surface area contributed by atoms with E-state index in [-0.39, 0.29) is 23.4 Å². The average Bonchev–Trinajstić information content (AvgIpc) is 2.95. The third-order valence-electron chi connectivity index (χ3n) is 3.43. The fourth-order valence-electron chi connectivity index (χ4n) is 2.23. The highest BCUT2D eigenvalue weighted by Crippen LogP contribution is 2.24. The first-order valence-electron chi connectivity index (χ1n) is 6.50. The van der Waals surface area contributed by atoms with Crippen LogP contribution in [-0.4, -0.2) is 45.3 Å². The minimum absolute atomic E-state index is 0.0502. The summed E-state index contributed by atoms with van der Waals surface area (Å²) in [6.45, 7) is 0.819. The van der Waals surface area contributed by atoms with Crippen molar-refractivity contribution in [2.45, 2.75) is 6.04 Å². The molecule has 7 heteroatoms. The fraction of sp³-hybridized carbons (Fsp3) is 0.429. The van der Waals surface area contributed by atoms with Gasteiger partial charge in [0.2, 0.25) is 5.91 Å². The molecule has 6 nitrogen and oxygen atoms in total. The van der Waals surface area contributed by atoms with Crippen LogP contribution in [-0.2, 0) is 14.3 Å². The molecule has 1 aromatic carbocycles. The van der Waals surface area contributed by atoms with E-state index in [0.29, 0.717) is 23.9 Å². The summed E-state index contributed by atoms with van der Waals surface area (Å²) in [5.41, 5.74) is 0.594. The van der Waals surface area contributed by atoms with Gasteiger partial charge in [0.1, 0.15) is 0 Å². The number of methoxy groups -OCH3 is 1. The molecule has 0 bridgehead atoms. The molecule has 1 heterocycles. The molecule has 0 aromatic heterocycles. The van der Waals surface area contributed by atoms with E-state index >= 15 is 0 Å². The molecule has 114 valence electrons. The quantitative estimate of drug-likeness (QED) is 0.820. The Morgan fingerprint density at radius 1 is 1.38 bits per heavy atom. The van der Waals surface area contributed by atoms with Crippen LogP contribution in [0, 0.1) is 5.92 Å². The average molecular weight is 313 g/mol. The fourth-order valence-corrected chi connectivity index (χ4v) is 2.40. The SMILES string of the molecule is CNC1COCC1C(=O)Nc1cc(Cl)ccc1C(=O)OC. The molecule has 2 unspecified atom stereocenters. The Morgan fingerprint density at radius 3 is 2.81 bits per heavy atom. The zero-order chi connectivity index (χ0) is 15.4. The number of rotatable bonds is 4. The smallest absolute Gasteiger partial charge is 0.339 e. The van der Waals surface area contributed by atoms with Gasteiger partial charge in [-0.25, -0.2) is 4.79 Å². The Labute approximate surface area is 127 Å². The number of benzene rings is 1. The minimum Gasteiger partial charge on any atom is -0.465 e. The molecule has 1 aromatic rings. The van der Waals surface area contributed by atoms with Gasteiger partial charge < -0.3 is 20.1 Å². The van der Waals surface area contributed by atoms with Crippen molar-refractivity contribution in [3.63, 3.8) is 0 Å². The summed E-state index contributed by atoms with van der Waals surface area (Å²) < 4.78 is 10.00. The van der Waals surface area contributed by atoms with Gasteiger partial charge in [0.05, 0.1) is 37.5 Å². The lowest BCUT2D eigenvalue weighted by Crippen LogP contribution is -2.39. The zero-order valence-electron chi connectivity index (χ0n) is 11.8. The van der Waals surface area contributed by atoms with E-state index in [4.69, 9.17) is 21.1 Å². The van der Waals surface area contributed by atoms with Gasteiger partial charge in [-0.15, -0.1) is 0 Å². The van der Waals surface area contributed by atoms with E-state index in [0.717, 1.165) is 0 Å².